The SMILES string of the molecule is COC(=O)c1c(-c2ccccc2)nc(=S)[nH]c1C. The Balaban J connectivity index is 2.73. The number of aromatic nitrogens is 2. The summed E-state index contributed by atoms with van der Waals surface area (Å²) in [5.41, 5.74) is 2.45. The summed E-state index contributed by atoms with van der Waals surface area (Å²) < 4.78 is 5.13. The molecule has 4 nitrogen and oxygen atoms in total. The summed E-state index contributed by atoms with van der Waals surface area (Å²) in [6, 6.07) is 9.42. The van der Waals surface area contributed by atoms with Crippen LogP contribution in [0.3, 0.4) is 0 Å². The fourth-order valence-corrected chi connectivity index (χ4v) is 1.99. The van der Waals surface area contributed by atoms with Gasteiger partial charge in [0.1, 0.15) is 5.56 Å². The lowest BCUT2D eigenvalue weighted by atomic mass is 10.1. The van der Waals surface area contributed by atoms with Gasteiger partial charge >= 0.3 is 5.97 Å². The fraction of sp³-hybridized carbons (Fsp3) is 0.154. The molecule has 0 unspecified atom stereocenters. The average molecular weight is 260 g/mol. The van der Waals surface area contributed by atoms with Crippen LogP contribution in [-0.4, -0.2) is 23.0 Å². The van der Waals surface area contributed by atoms with E-state index in [9.17, 15) is 4.79 Å². The summed E-state index contributed by atoms with van der Waals surface area (Å²) in [5.74, 6) is -0.426. The van der Waals surface area contributed by atoms with Gasteiger partial charge in [0.25, 0.3) is 0 Å². The molecule has 0 spiro atoms. The van der Waals surface area contributed by atoms with Gasteiger partial charge < -0.3 is 9.72 Å². The predicted molar refractivity (Wildman–Crippen MR) is 70.9 cm³/mol. The molecule has 92 valence electrons. The zero-order valence-electron chi connectivity index (χ0n) is 10.1. The number of aryl methyl sites for hydroxylation is 1. The first-order valence-electron chi connectivity index (χ1n) is 5.38. The van der Waals surface area contributed by atoms with Crippen LogP contribution >= 0.6 is 12.2 Å². The van der Waals surface area contributed by atoms with Crippen LogP contribution in [0.2, 0.25) is 0 Å². The number of hydrogen-bond donors (Lipinski definition) is 1. The van der Waals surface area contributed by atoms with E-state index in [2.05, 4.69) is 9.97 Å². The third kappa shape index (κ3) is 2.31. The second kappa shape index (κ2) is 5.10. The molecule has 0 aliphatic rings. The van der Waals surface area contributed by atoms with Gasteiger partial charge in [-0.2, -0.15) is 0 Å². The lowest BCUT2D eigenvalue weighted by Gasteiger charge is -2.09. The second-order valence-electron chi connectivity index (χ2n) is 3.75. The number of nitrogens with zero attached hydrogens (tertiary/aromatic N) is 1. The van der Waals surface area contributed by atoms with E-state index >= 15 is 0 Å². The molecule has 1 aromatic heterocycles. The maximum absolute atomic E-state index is 11.8. The summed E-state index contributed by atoms with van der Waals surface area (Å²) in [7, 11) is 1.35. The van der Waals surface area contributed by atoms with Crippen molar-refractivity contribution in [2.24, 2.45) is 0 Å². The first kappa shape index (κ1) is 12.4. The maximum Gasteiger partial charge on any atom is 0.341 e. The number of nitrogens with one attached hydrogen (secondary N) is 1. The van der Waals surface area contributed by atoms with E-state index in [0.717, 1.165) is 5.56 Å². The van der Waals surface area contributed by atoms with Crippen LogP contribution in [0.15, 0.2) is 30.3 Å². The van der Waals surface area contributed by atoms with Crippen molar-refractivity contribution in [1.29, 1.82) is 0 Å². The number of H-pyrrole nitrogens is 1. The van der Waals surface area contributed by atoms with E-state index in [-0.39, 0.29) is 0 Å². The molecule has 1 heterocycles. The minimum Gasteiger partial charge on any atom is -0.465 e. The van der Waals surface area contributed by atoms with Gasteiger partial charge in [0.05, 0.1) is 12.8 Å². The summed E-state index contributed by atoms with van der Waals surface area (Å²) >= 11 is 5.05. The summed E-state index contributed by atoms with van der Waals surface area (Å²) in [4.78, 5) is 18.9. The monoisotopic (exact) mass is 260 g/mol. The van der Waals surface area contributed by atoms with Gasteiger partial charge in [-0.3, -0.25) is 0 Å². The number of hydrogen-bond acceptors (Lipinski definition) is 4. The molecule has 1 aromatic carbocycles. The van der Waals surface area contributed by atoms with Crippen molar-refractivity contribution >= 4 is 18.2 Å². The van der Waals surface area contributed by atoms with Crippen LogP contribution in [-0.2, 0) is 4.74 Å². The largest absolute Gasteiger partial charge is 0.465 e. The topological polar surface area (TPSA) is 55.0 Å². The van der Waals surface area contributed by atoms with E-state index in [0.29, 0.717) is 21.7 Å². The van der Waals surface area contributed by atoms with E-state index in [1.165, 1.54) is 7.11 Å². The number of aromatic amines is 1. The van der Waals surface area contributed by atoms with Crippen molar-refractivity contribution in [3.05, 3.63) is 46.4 Å². The van der Waals surface area contributed by atoms with Gasteiger partial charge in [-0.05, 0) is 19.1 Å². The van der Waals surface area contributed by atoms with Gasteiger partial charge in [0, 0.05) is 11.3 Å². The Morgan fingerprint density at radius 2 is 2.00 bits per heavy atom. The molecule has 0 aliphatic heterocycles. The van der Waals surface area contributed by atoms with Gasteiger partial charge in [0.15, 0.2) is 4.77 Å². The third-order valence-electron chi connectivity index (χ3n) is 2.56. The Kier molecular flexibility index (Phi) is 3.53. The lowest BCUT2D eigenvalue weighted by molar-refractivity contribution is 0.0600. The van der Waals surface area contributed by atoms with Crippen LogP contribution < -0.4 is 0 Å². The molecule has 0 fully saturated rings. The van der Waals surface area contributed by atoms with Crippen molar-refractivity contribution in [2.45, 2.75) is 6.92 Å². The highest BCUT2D eigenvalue weighted by atomic mass is 32.1. The fourth-order valence-electron chi connectivity index (χ4n) is 1.74. The van der Waals surface area contributed by atoms with E-state index in [1.54, 1.807) is 6.92 Å². The molecule has 2 rings (SSSR count). The Morgan fingerprint density at radius 1 is 1.33 bits per heavy atom. The number of methoxy groups -OCH3 is 1. The third-order valence-corrected chi connectivity index (χ3v) is 2.75. The number of rotatable bonds is 2. The molecule has 0 saturated carbocycles. The molecule has 0 aliphatic carbocycles. The highest BCUT2D eigenvalue weighted by Crippen LogP contribution is 2.23. The Morgan fingerprint density at radius 3 is 2.61 bits per heavy atom. The van der Waals surface area contributed by atoms with Gasteiger partial charge in [-0.1, -0.05) is 30.3 Å². The van der Waals surface area contributed by atoms with E-state index < -0.39 is 5.97 Å². The standard InChI is InChI=1S/C13H12N2O2S/c1-8-10(12(16)17-2)11(15-13(18)14-8)9-6-4-3-5-7-9/h3-7H,1-2H3,(H,14,15,18). The van der Waals surface area contributed by atoms with Gasteiger partial charge in [0.2, 0.25) is 0 Å². The molecule has 18 heavy (non-hydrogen) atoms. The summed E-state index contributed by atoms with van der Waals surface area (Å²) in [6.07, 6.45) is 0. The molecule has 0 bridgehead atoms. The molecule has 0 radical (unpaired) electrons. The number of carbonyl (C=O) groups excluding carboxylic acids is 1. The van der Waals surface area contributed by atoms with Crippen molar-refractivity contribution in [3.8, 4) is 11.3 Å². The molecule has 5 heteroatoms. The maximum atomic E-state index is 11.8. The highest BCUT2D eigenvalue weighted by molar-refractivity contribution is 7.71. The number of esters is 1. The smallest absolute Gasteiger partial charge is 0.341 e. The van der Waals surface area contributed by atoms with E-state index in [4.69, 9.17) is 17.0 Å². The van der Waals surface area contributed by atoms with Crippen LogP contribution in [0.25, 0.3) is 11.3 Å². The average Bonchev–Trinajstić information content (AvgIpc) is 2.38. The molecule has 0 saturated heterocycles. The van der Waals surface area contributed by atoms with Crippen molar-refractivity contribution in [3.63, 3.8) is 0 Å². The van der Waals surface area contributed by atoms with Gasteiger partial charge in [-0.15, -0.1) is 0 Å². The first-order chi connectivity index (χ1) is 8.63. The molecule has 2 aromatic rings. The molecular weight excluding hydrogens is 248 g/mol. The van der Waals surface area contributed by atoms with Crippen molar-refractivity contribution < 1.29 is 9.53 Å². The molecule has 0 amide bonds. The number of carbonyl (C=O) groups is 1. The van der Waals surface area contributed by atoms with Crippen LogP contribution in [0, 0.1) is 11.7 Å². The summed E-state index contributed by atoms with van der Waals surface area (Å²) in [6.45, 7) is 1.77. The molecule has 1 N–H and O–H groups in total. The molecular formula is C13H12N2O2S. The van der Waals surface area contributed by atoms with Crippen molar-refractivity contribution in [2.75, 3.05) is 7.11 Å². The quantitative estimate of drug-likeness (QED) is 0.666. The Hall–Kier alpha value is -2.01. The second-order valence-corrected chi connectivity index (χ2v) is 4.13. The molecule has 0 atom stereocenters. The first-order valence-corrected chi connectivity index (χ1v) is 5.79. The van der Waals surface area contributed by atoms with Crippen LogP contribution in [0.4, 0.5) is 0 Å². The Labute approximate surface area is 110 Å². The zero-order valence-corrected chi connectivity index (χ0v) is 10.9. The normalized spacial score (nSPS) is 10.1. The minimum atomic E-state index is -0.426. The zero-order chi connectivity index (χ0) is 13.1. The highest BCUT2D eigenvalue weighted by Gasteiger charge is 2.18. The van der Waals surface area contributed by atoms with Crippen LogP contribution in [0.5, 0.6) is 0 Å². The predicted octanol–water partition coefficient (Wildman–Crippen LogP) is 2.90. The van der Waals surface area contributed by atoms with E-state index in [1.807, 2.05) is 30.3 Å². The number of benzene rings is 1. The number of ether oxygens (including phenoxy) is 1. The van der Waals surface area contributed by atoms with Crippen LogP contribution in [0.1, 0.15) is 16.1 Å². The lowest BCUT2D eigenvalue weighted by Crippen LogP contribution is -2.09. The minimum absolute atomic E-state index is 0.346. The van der Waals surface area contributed by atoms with Gasteiger partial charge in [-0.25, -0.2) is 9.78 Å². The Bertz CT molecular complexity index is 635. The van der Waals surface area contributed by atoms with Crippen molar-refractivity contribution in [1.82, 2.24) is 9.97 Å². The summed E-state index contributed by atoms with van der Waals surface area (Å²) in [5, 5.41) is 0.